The molecule has 4 heteroatoms. The summed E-state index contributed by atoms with van der Waals surface area (Å²) in [4.78, 5) is 9.00. The van der Waals surface area contributed by atoms with Crippen LogP contribution in [0.25, 0.3) is 11.4 Å². The van der Waals surface area contributed by atoms with Gasteiger partial charge >= 0.3 is 0 Å². The number of ether oxygens (including phenoxy) is 1. The average Bonchev–Trinajstić information content (AvgIpc) is 2.89. The zero-order chi connectivity index (χ0) is 25.0. The lowest BCUT2D eigenvalue weighted by Crippen LogP contribution is -2.03. The van der Waals surface area contributed by atoms with E-state index in [-0.39, 0.29) is 0 Å². The zero-order valence-electron chi connectivity index (χ0n) is 22.5. The van der Waals surface area contributed by atoms with E-state index in [1.807, 2.05) is 36.7 Å². The van der Waals surface area contributed by atoms with E-state index in [4.69, 9.17) is 4.74 Å². The molecule has 35 heavy (non-hydrogen) atoms. The number of nitrogens with zero attached hydrogens (tertiary/aromatic N) is 2. The molecule has 0 fully saturated rings. The van der Waals surface area contributed by atoms with Gasteiger partial charge in [-0.25, -0.2) is 14.4 Å². The lowest BCUT2D eigenvalue weighted by molar-refractivity contribution is 0.287. The van der Waals surface area contributed by atoms with Crippen molar-refractivity contribution < 1.29 is 9.13 Å². The summed E-state index contributed by atoms with van der Waals surface area (Å²) < 4.78 is 20.0. The van der Waals surface area contributed by atoms with Gasteiger partial charge in [0.2, 0.25) is 0 Å². The molecule has 3 nitrogen and oxygen atoms in total. The van der Waals surface area contributed by atoms with Crippen LogP contribution in [0.2, 0.25) is 0 Å². The number of hydrogen-bond acceptors (Lipinski definition) is 3. The maximum absolute atomic E-state index is 14.1. The van der Waals surface area contributed by atoms with E-state index in [0.717, 1.165) is 42.7 Å². The molecule has 0 aliphatic carbocycles. The third kappa shape index (κ3) is 13.6. The summed E-state index contributed by atoms with van der Waals surface area (Å²) in [6, 6.07) is 8.01. The van der Waals surface area contributed by atoms with Gasteiger partial charge < -0.3 is 4.74 Å². The summed E-state index contributed by atoms with van der Waals surface area (Å²) >= 11 is 0. The van der Waals surface area contributed by atoms with Crippen molar-refractivity contribution in [2.75, 3.05) is 6.61 Å². The quantitative estimate of drug-likeness (QED) is 0.165. The van der Waals surface area contributed by atoms with E-state index in [9.17, 15) is 4.39 Å². The zero-order valence-corrected chi connectivity index (χ0v) is 22.5. The van der Waals surface area contributed by atoms with Gasteiger partial charge in [-0.15, -0.1) is 0 Å². The number of rotatable bonds is 21. The minimum Gasteiger partial charge on any atom is -0.494 e. The second-order valence-corrected chi connectivity index (χ2v) is 9.96. The Kier molecular flexibility index (Phi) is 16.1. The second-order valence-electron chi connectivity index (χ2n) is 9.96. The highest BCUT2D eigenvalue weighted by molar-refractivity contribution is 5.55. The molecule has 1 atom stereocenters. The summed E-state index contributed by atoms with van der Waals surface area (Å²) in [5.74, 6) is 1.60. The number of halogens is 1. The summed E-state index contributed by atoms with van der Waals surface area (Å²) in [5.41, 5.74) is 1.98. The molecule has 0 unspecified atom stereocenters. The average molecular weight is 485 g/mol. The third-order valence-corrected chi connectivity index (χ3v) is 6.70. The summed E-state index contributed by atoms with van der Waals surface area (Å²) in [7, 11) is 0. The fourth-order valence-electron chi connectivity index (χ4n) is 4.37. The Morgan fingerprint density at radius 2 is 1.23 bits per heavy atom. The van der Waals surface area contributed by atoms with E-state index in [1.54, 1.807) is 0 Å². The number of aryl methyl sites for hydroxylation is 1. The molecule has 196 valence electrons. The second kappa shape index (κ2) is 19.2. The van der Waals surface area contributed by atoms with Crippen LogP contribution in [-0.4, -0.2) is 22.7 Å². The first-order valence-corrected chi connectivity index (χ1v) is 14.4. The molecular weight excluding hydrogens is 435 g/mol. The Morgan fingerprint density at radius 1 is 0.686 bits per heavy atom. The molecule has 1 aromatic heterocycles. The van der Waals surface area contributed by atoms with Crippen molar-refractivity contribution in [2.24, 2.45) is 0 Å². The van der Waals surface area contributed by atoms with Crippen molar-refractivity contribution in [1.82, 2.24) is 9.97 Å². The van der Waals surface area contributed by atoms with Crippen LogP contribution >= 0.6 is 0 Å². The molecule has 0 radical (unpaired) electrons. The minimum atomic E-state index is -0.723. The Labute approximate surface area is 214 Å². The Bertz CT molecular complexity index is 748. The van der Waals surface area contributed by atoms with Crippen LogP contribution in [0.1, 0.15) is 122 Å². The van der Waals surface area contributed by atoms with Gasteiger partial charge in [0.15, 0.2) is 5.82 Å². The first-order valence-electron chi connectivity index (χ1n) is 14.4. The van der Waals surface area contributed by atoms with E-state index in [1.165, 1.54) is 70.6 Å². The van der Waals surface area contributed by atoms with Crippen molar-refractivity contribution in [3.05, 3.63) is 42.2 Å². The normalized spacial score (nSPS) is 12.1. The van der Waals surface area contributed by atoms with E-state index >= 15 is 0 Å². The topological polar surface area (TPSA) is 35.0 Å². The maximum atomic E-state index is 14.1. The van der Waals surface area contributed by atoms with Crippen LogP contribution in [0, 0.1) is 0 Å². The summed E-state index contributed by atoms with van der Waals surface area (Å²) in [5, 5.41) is 0. The molecule has 0 saturated carbocycles. The lowest BCUT2D eigenvalue weighted by atomic mass is 10.0. The molecule has 0 bridgehead atoms. The molecule has 1 heterocycles. The predicted octanol–water partition coefficient (Wildman–Crippen LogP) is 9.68. The molecule has 0 N–H and O–H groups in total. The molecule has 1 aromatic carbocycles. The van der Waals surface area contributed by atoms with Gasteiger partial charge in [-0.2, -0.15) is 0 Å². The van der Waals surface area contributed by atoms with Gasteiger partial charge in [-0.1, -0.05) is 97.3 Å². The van der Waals surface area contributed by atoms with Gasteiger partial charge in [0, 0.05) is 18.0 Å². The fourth-order valence-corrected chi connectivity index (χ4v) is 4.37. The number of aromatic nitrogens is 2. The third-order valence-electron chi connectivity index (χ3n) is 6.70. The van der Waals surface area contributed by atoms with Crippen LogP contribution in [0.3, 0.4) is 0 Å². The number of alkyl halides is 1. The summed E-state index contributed by atoms with van der Waals surface area (Å²) in [6.07, 6.45) is 22.7. The van der Waals surface area contributed by atoms with Gasteiger partial charge in [0.25, 0.3) is 0 Å². The van der Waals surface area contributed by atoms with E-state index < -0.39 is 6.17 Å². The minimum absolute atomic E-state index is 0.555. The van der Waals surface area contributed by atoms with Gasteiger partial charge in [0.1, 0.15) is 11.9 Å². The molecular formula is C31H49FN2O. The van der Waals surface area contributed by atoms with Crippen LogP contribution in [0.4, 0.5) is 4.39 Å². The summed E-state index contributed by atoms with van der Waals surface area (Å²) in [6.45, 7) is 5.22. The number of unbranched alkanes of at least 4 members (excludes halogenated alkanes) is 12. The molecule has 2 aromatic rings. The van der Waals surface area contributed by atoms with Crippen LogP contribution in [0.15, 0.2) is 36.7 Å². The van der Waals surface area contributed by atoms with Crippen molar-refractivity contribution in [3.63, 3.8) is 0 Å². The highest BCUT2D eigenvalue weighted by Crippen LogP contribution is 2.20. The van der Waals surface area contributed by atoms with E-state index in [0.29, 0.717) is 25.1 Å². The first kappa shape index (κ1) is 29.3. The Balaban J connectivity index is 1.59. The van der Waals surface area contributed by atoms with Crippen LogP contribution in [0.5, 0.6) is 5.75 Å². The van der Waals surface area contributed by atoms with Gasteiger partial charge in [0.05, 0.1) is 6.61 Å². The largest absolute Gasteiger partial charge is 0.494 e. The fraction of sp³-hybridized carbons (Fsp3) is 0.677. The van der Waals surface area contributed by atoms with Crippen molar-refractivity contribution >= 4 is 0 Å². The van der Waals surface area contributed by atoms with Crippen LogP contribution in [-0.2, 0) is 6.42 Å². The highest BCUT2D eigenvalue weighted by atomic mass is 19.1. The molecule has 0 amide bonds. The Hall–Kier alpha value is -1.97. The maximum Gasteiger partial charge on any atom is 0.159 e. The van der Waals surface area contributed by atoms with Gasteiger partial charge in [-0.3, -0.25) is 0 Å². The molecule has 0 saturated heterocycles. The SMILES string of the molecule is CCCCCCCCCCCCOc1ccc(-c2ncc(CC[C@@H](F)CCCCCC)cn2)cc1. The Morgan fingerprint density at radius 3 is 1.83 bits per heavy atom. The predicted molar refractivity (Wildman–Crippen MR) is 147 cm³/mol. The molecule has 0 spiro atoms. The van der Waals surface area contributed by atoms with Crippen LogP contribution < -0.4 is 4.74 Å². The van der Waals surface area contributed by atoms with Crippen molar-refractivity contribution in [1.29, 1.82) is 0 Å². The standard InChI is InChI=1S/C31H49FN2O/c1-3-5-7-9-10-11-12-13-14-16-24-35-30-22-19-28(20-23-30)31-33-25-27(26-34-31)18-21-29(32)17-15-8-6-4-2/h19-20,22-23,25-26,29H,3-18,21,24H2,1-2H3/t29-/m0/s1. The van der Waals surface area contributed by atoms with Crippen molar-refractivity contribution in [3.8, 4) is 17.1 Å². The van der Waals surface area contributed by atoms with E-state index in [2.05, 4.69) is 23.8 Å². The lowest BCUT2D eigenvalue weighted by Gasteiger charge is -2.09. The monoisotopic (exact) mass is 484 g/mol. The van der Waals surface area contributed by atoms with Crippen molar-refractivity contribution in [2.45, 2.75) is 129 Å². The molecule has 2 rings (SSSR count). The highest BCUT2D eigenvalue weighted by Gasteiger charge is 2.08. The first-order chi connectivity index (χ1) is 17.2. The molecule has 0 aliphatic rings. The molecule has 0 aliphatic heterocycles. The van der Waals surface area contributed by atoms with Gasteiger partial charge in [-0.05, 0) is 55.5 Å². The number of hydrogen-bond donors (Lipinski definition) is 0. The number of benzene rings is 1. The smallest absolute Gasteiger partial charge is 0.159 e.